The molecule has 120 valence electrons. The van der Waals surface area contributed by atoms with Crippen molar-refractivity contribution in [1.82, 2.24) is 0 Å². The standard InChI is InChI=1S/C17H26BNO3/c1-16(2)17(3,4)22-18(21-16)13-7-5-8-14(11-13)19-10-6-9-15(20)12-19/h5,7-8,11,15,20H,6,9-10,12H2,1-4H3/t15-/m0/s1. The Balaban J connectivity index is 1.80. The van der Waals surface area contributed by atoms with E-state index in [-0.39, 0.29) is 24.4 Å². The maximum Gasteiger partial charge on any atom is 0.494 e. The van der Waals surface area contributed by atoms with Gasteiger partial charge in [-0.05, 0) is 58.1 Å². The molecule has 0 amide bonds. The molecule has 0 bridgehead atoms. The minimum atomic E-state index is -0.334. The first-order valence-corrected chi connectivity index (χ1v) is 8.17. The number of aliphatic hydroxyl groups excluding tert-OH is 1. The summed E-state index contributed by atoms with van der Waals surface area (Å²) >= 11 is 0. The van der Waals surface area contributed by atoms with Crippen molar-refractivity contribution in [2.45, 2.75) is 57.8 Å². The highest BCUT2D eigenvalue weighted by Crippen LogP contribution is 2.36. The van der Waals surface area contributed by atoms with Gasteiger partial charge in [-0.15, -0.1) is 0 Å². The molecular formula is C17H26BNO3. The molecule has 3 rings (SSSR count). The molecule has 0 saturated carbocycles. The lowest BCUT2D eigenvalue weighted by molar-refractivity contribution is 0.00578. The van der Waals surface area contributed by atoms with Crippen molar-refractivity contribution in [2.24, 2.45) is 0 Å². The quantitative estimate of drug-likeness (QED) is 0.848. The number of piperidine rings is 1. The fraction of sp³-hybridized carbons (Fsp3) is 0.647. The lowest BCUT2D eigenvalue weighted by Gasteiger charge is -2.32. The summed E-state index contributed by atoms with van der Waals surface area (Å²) in [5, 5.41) is 9.87. The van der Waals surface area contributed by atoms with Crippen LogP contribution in [0.4, 0.5) is 5.69 Å². The van der Waals surface area contributed by atoms with E-state index in [1.807, 2.05) is 12.1 Å². The summed E-state index contributed by atoms with van der Waals surface area (Å²) in [6, 6.07) is 8.30. The highest BCUT2D eigenvalue weighted by Gasteiger charge is 2.51. The van der Waals surface area contributed by atoms with E-state index in [2.05, 4.69) is 44.7 Å². The predicted octanol–water partition coefficient (Wildman–Crippen LogP) is 1.95. The average Bonchev–Trinajstić information content (AvgIpc) is 2.68. The normalized spacial score (nSPS) is 27.2. The van der Waals surface area contributed by atoms with E-state index in [0.717, 1.165) is 30.5 Å². The summed E-state index contributed by atoms with van der Waals surface area (Å²) < 4.78 is 12.2. The van der Waals surface area contributed by atoms with Crippen molar-refractivity contribution < 1.29 is 14.4 Å². The number of anilines is 1. The largest absolute Gasteiger partial charge is 0.494 e. The summed E-state index contributed by atoms with van der Waals surface area (Å²) in [5.74, 6) is 0. The SMILES string of the molecule is CC1(C)OB(c2cccc(N3CCC[C@H](O)C3)c2)OC1(C)C. The maximum atomic E-state index is 9.87. The zero-order chi connectivity index (χ0) is 16.0. The van der Waals surface area contributed by atoms with Crippen LogP contribution in [0, 0.1) is 0 Å². The predicted molar refractivity (Wildman–Crippen MR) is 89.6 cm³/mol. The molecule has 0 unspecified atom stereocenters. The van der Waals surface area contributed by atoms with Crippen molar-refractivity contribution in [3.63, 3.8) is 0 Å². The number of benzene rings is 1. The second kappa shape index (κ2) is 5.55. The number of nitrogens with zero attached hydrogens (tertiary/aromatic N) is 1. The lowest BCUT2D eigenvalue weighted by Crippen LogP contribution is -2.41. The average molecular weight is 303 g/mol. The third-order valence-electron chi connectivity index (χ3n) is 5.16. The van der Waals surface area contributed by atoms with Gasteiger partial charge in [-0.3, -0.25) is 0 Å². The highest BCUT2D eigenvalue weighted by atomic mass is 16.7. The van der Waals surface area contributed by atoms with Gasteiger partial charge in [0.25, 0.3) is 0 Å². The third kappa shape index (κ3) is 2.90. The second-order valence-electron chi connectivity index (χ2n) is 7.43. The van der Waals surface area contributed by atoms with E-state index in [9.17, 15) is 5.11 Å². The molecule has 22 heavy (non-hydrogen) atoms. The Kier molecular flexibility index (Phi) is 4.00. The van der Waals surface area contributed by atoms with Gasteiger partial charge in [0, 0.05) is 18.8 Å². The van der Waals surface area contributed by atoms with Gasteiger partial charge in [-0.25, -0.2) is 0 Å². The molecule has 0 radical (unpaired) electrons. The van der Waals surface area contributed by atoms with E-state index >= 15 is 0 Å². The van der Waals surface area contributed by atoms with Gasteiger partial charge in [-0.2, -0.15) is 0 Å². The van der Waals surface area contributed by atoms with Gasteiger partial charge in [0.05, 0.1) is 17.3 Å². The fourth-order valence-corrected chi connectivity index (χ4v) is 3.04. The van der Waals surface area contributed by atoms with Crippen LogP contribution in [0.2, 0.25) is 0 Å². The first-order valence-electron chi connectivity index (χ1n) is 8.17. The number of hydrogen-bond donors (Lipinski definition) is 1. The van der Waals surface area contributed by atoms with Crippen LogP contribution in [0.15, 0.2) is 24.3 Å². The molecular weight excluding hydrogens is 277 g/mol. The van der Waals surface area contributed by atoms with Crippen LogP contribution < -0.4 is 10.4 Å². The van der Waals surface area contributed by atoms with Gasteiger partial charge in [0.15, 0.2) is 0 Å². The van der Waals surface area contributed by atoms with E-state index < -0.39 is 0 Å². The van der Waals surface area contributed by atoms with E-state index in [1.54, 1.807) is 0 Å². The molecule has 5 heteroatoms. The zero-order valence-corrected chi connectivity index (χ0v) is 14.0. The Labute approximate surface area is 133 Å². The molecule has 1 atom stereocenters. The van der Waals surface area contributed by atoms with Gasteiger partial charge in [0.1, 0.15) is 0 Å². The van der Waals surface area contributed by atoms with E-state index in [1.165, 1.54) is 0 Å². The fourth-order valence-electron chi connectivity index (χ4n) is 3.04. The van der Waals surface area contributed by atoms with Crippen LogP contribution in [0.5, 0.6) is 0 Å². The molecule has 0 spiro atoms. The van der Waals surface area contributed by atoms with Crippen molar-refractivity contribution in [3.05, 3.63) is 24.3 Å². The number of aliphatic hydroxyl groups is 1. The van der Waals surface area contributed by atoms with Crippen molar-refractivity contribution in [1.29, 1.82) is 0 Å². The first-order chi connectivity index (χ1) is 10.3. The number of β-amino-alcohol motifs (C(OH)–C–C–N with tert-alkyl or cyclic N) is 1. The molecule has 2 fully saturated rings. The number of rotatable bonds is 2. The summed E-state index contributed by atoms with van der Waals surface area (Å²) in [4.78, 5) is 2.24. The van der Waals surface area contributed by atoms with Crippen molar-refractivity contribution in [3.8, 4) is 0 Å². The van der Waals surface area contributed by atoms with Gasteiger partial charge >= 0.3 is 7.12 Å². The van der Waals surface area contributed by atoms with Crippen LogP contribution in [-0.4, -0.2) is 42.6 Å². The summed E-state index contributed by atoms with van der Waals surface area (Å²) in [5.41, 5.74) is 1.52. The second-order valence-corrected chi connectivity index (χ2v) is 7.43. The minimum absolute atomic E-state index is 0.228. The van der Waals surface area contributed by atoms with Gasteiger partial charge in [0.2, 0.25) is 0 Å². The molecule has 1 aromatic rings. The molecule has 2 aliphatic rings. The molecule has 4 nitrogen and oxygen atoms in total. The number of hydrogen-bond acceptors (Lipinski definition) is 4. The van der Waals surface area contributed by atoms with E-state index in [4.69, 9.17) is 9.31 Å². The van der Waals surface area contributed by atoms with E-state index in [0.29, 0.717) is 6.54 Å². The Hall–Kier alpha value is -1.04. The molecule has 2 saturated heterocycles. The molecule has 0 aromatic heterocycles. The van der Waals surface area contributed by atoms with Gasteiger partial charge in [-0.1, -0.05) is 12.1 Å². The Bertz CT molecular complexity index is 530. The Morgan fingerprint density at radius 2 is 1.86 bits per heavy atom. The molecule has 1 N–H and O–H groups in total. The maximum absolute atomic E-state index is 9.87. The topological polar surface area (TPSA) is 41.9 Å². The summed E-state index contributed by atoms with van der Waals surface area (Å²) in [6.45, 7) is 9.96. The molecule has 2 heterocycles. The highest BCUT2D eigenvalue weighted by molar-refractivity contribution is 6.62. The smallest absolute Gasteiger partial charge is 0.399 e. The van der Waals surface area contributed by atoms with Crippen LogP contribution >= 0.6 is 0 Å². The van der Waals surface area contributed by atoms with Crippen molar-refractivity contribution in [2.75, 3.05) is 18.0 Å². The first kappa shape index (κ1) is 15.8. The van der Waals surface area contributed by atoms with Crippen LogP contribution in [0.3, 0.4) is 0 Å². The monoisotopic (exact) mass is 303 g/mol. The van der Waals surface area contributed by atoms with Crippen LogP contribution in [-0.2, 0) is 9.31 Å². The summed E-state index contributed by atoms with van der Waals surface area (Å²) in [6.07, 6.45) is 1.70. The Morgan fingerprint density at radius 3 is 2.50 bits per heavy atom. The Morgan fingerprint density at radius 1 is 1.18 bits per heavy atom. The molecule has 2 aliphatic heterocycles. The van der Waals surface area contributed by atoms with Crippen molar-refractivity contribution >= 4 is 18.3 Å². The zero-order valence-electron chi connectivity index (χ0n) is 14.0. The third-order valence-corrected chi connectivity index (χ3v) is 5.16. The lowest BCUT2D eigenvalue weighted by atomic mass is 9.79. The summed E-state index contributed by atoms with van der Waals surface area (Å²) in [7, 11) is -0.334. The van der Waals surface area contributed by atoms with Gasteiger partial charge < -0.3 is 19.3 Å². The minimum Gasteiger partial charge on any atom is -0.399 e. The molecule has 1 aromatic carbocycles. The van der Waals surface area contributed by atoms with Crippen LogP contribution in [0.25, 0.3) is 0 Å². The molecule has 0 aliphatic carbocycles. The van der Waals surface area contributed by atoms with Crippen LogP contribution in [0.1, 0.15) is 40.5 Å².